The van der Waals surface area contributed by atoms with E-state index in [0.29, 0.717) is 67.6 Å². The first-order chi connectivity index (χ1) is 15.5. The molecule has 1 aliphatic heterocycles. The zero-order valence-corrected chi connectivity index (χ0v) is 19.0. The number of hydrogen-bond acceptors (Lipinski definition) is 7. The third kappa shape index (κ3) is 4.35. The molecule has 0 saturated carbocycles. The van der Waals surface area contributed by atoms with Crippen LogP contribution in [0.5, 0.6) is 0 Å². The molecule has 0 spiro atoms. The molecule has 0 N–H and O–H groups in total. The first-order valence-corrected chi connectivity index (χ1v) is 11.5. The topological polar surface area (TPSA) is 102 Å². The van der Waals surface area contributed by atoms with Crippen molar-refractivity contribution in [3.63, 3.8) is 0 Å². The Kier molecular flexibility index (Phi) is 6.75. The van der Waals surface area contributed by atoms with Gasteiger partial charge in [0.1, 0.15) is 0 Å². The van der Waals surface area contributed by atoms with E-state index in [1.807, 2.05) is 22.6 Å². The van der Waals surface area contributed by atoms with Gasteiger partial charge in [0.05, 0.1) is 16.7 Å². The number of aromatic nitrogens is 4. The molecule has 4 rings (SSSR count). The number of fused-ring (bicyclic) bond motifs is 3. The number of benzene rings is 1. The van der Waals surface area contributed by atoms with Crippen molar-refractivity contribution in [2.45, 2.75) is 25.0 Å². The summed E-state index contributed by atoms with van der Waals surface area (Å²) in [6.07, 6.45) is 0.671. The summed E-state index contributed by atoms with van der Waals surface area (Å²) < 4.78 is 8.58. The maximum Gasteiger partial charge on any atom is 0.262 e. The van der Waals surface area contributed by atoms with Crippen molar-refractivity contribution in [1.29, 1.82) is 0 Å². The van der Waals surface area contributed by atoms with E-state index in [1.165, 1.54) is 11.8 Å². The summed E-state index contributed by atoms with van der Waals surface area (Å²) in [6.45, 7) is 4.71. The van der Waals surface area contributed by atoms with Crippen LogP contribution in [0.2, 0.25) is 0 Å². The average Bonchev–Trinajstić information content (AvgIpc) is 3.23. The molecule has 3 heterocycles. The van der Waals surface area contributed by atoms with Gasteiger partial charge in [-0.1, -0.05) is 23.9 Å². The fraction of sp³-hybridized carbons (Fsp3) is 0.476. The number of hydrogen-bond donors (Lipinski definition) is 0. The van der Waals surface area contributed by atoms with E-state index in [2.05, 4.69) is 10.2 Å². The van der Waals surface area contributed by atoms with Gasteiger partial charge in [-0.2, -0.15) is 0 Å². The number of aryl methyl sites for hydroxylation is 1. The maximum absolute atomic E-state index is 13.0. The smallest absolute Gasteiger partial charge is 0.262 e. The van der Waals surface area contributed by atoms with Crippen LogP contribution < -0.4 is 5.56 Å². The van der Waals surface area contributed by atoms with E-state index in [1.54, 1.807) is 34.5 Å². The molecule has 0 unspecified atom stereocenters. The second kappa shape index (κ2) is 9.70. The Hall–Kier alpha value is -2.92. The summed E-state index contributed by atoms with van der Waals surface area (Å²) in [5.41, 5.74) is 0.595. The molecule has 2 aromatic heterocycles. The predicted octanol–water partition coefficient (Wildman–Crippen LogP) is 0.864. The fourth-order valence-corrected chi connectivity index (χ4v) is 4.73. The first kappa shape index (κ1) is 22.3. The molecule has 1 aliphatic rings. The van der Waals surface area contributed by atoms with Crippen molar-refractivity contribution in [2.24, 2.45) is 0 Å². The Bertz CT molecular complexity index is 1200. The molecule has 32 heavy (non-hydrogen) atoms. The van der Waals surface area contributed by atoms with Crippen molar-refractivity contribution in [3.05, 3.63) is 34.6 Å². The summed E-state index contributed by atoms with van der Waals surface area (Å²) in [6, 6.07) is 7.35. The Morgan fingerprint density at radius 3 is 2.53 bits per heavy atom. The molecule has 0 radical (unpaired) electrons. The lowest BCUT2D eigenvalue weighted by atomic mass is 10.2. The molecule has 1 fully saturated rings. The van der Waals surface area contributed by atoms with Gasteiger partial charge >= 0.3 is 0 Å². The summed E-state index contributed by atoms with van der Waals surface area (Å²) in [5, 5.41) is 9.70. The molecule has 2 amide bonds. The Balaban J connectivity index is 1.58. The molecule has 3 aromatic rings. The number of carbonyl (C=O) groups is 2. The number of ether oxygens (including phenoxy) is 1. The van der Waals surface area contributed by atoms with Gasteiger partial charge in [-0.25, -0.2) is 0 Å². The van der Waals surface area contributed by atoms with Crippen molar-refractivity contribution >= 4 is 40.3 Å². The van der Waals surface area contributed by atoms with Crippen LogP contribution in [0.3, 0.4) is 0 Å². The van der Waals surface area contributed by atoms with Crippen molar-refractivity contribution < 1.29 is 14.3 Å². The van der Waals surface area contributed by atoms with Crippen LogP contribution in [0, 0.1) is 0 Å². The number of rotatable bonds is 7. The maximum atomic E-state index is 13.0. The van der Waals surface area contributed by atoms with Crippen LogP contribution in [0.4, 0.5) is 0 Å². The quantitative estimate of drug-likeness (QED) is 0.382. The summed E-state index contributed by atoms with van der Waals surface area (Å²) in [7, 11) is 1.63. The zero-order chi connectivity index (χ0) is 22.7. The monoisotopic (exact) mass is 458 g/mol. The lowest BCUT2D eigenvalue weighted by Gasteiger charge is -2.34. The van der Waals surface area contributed by atoms with Gasteiger partial charge in [0, 0.05) is 53.4 Å². The van der Waals surface area contributed by atoms with Gasteiger partial charge in [0.2, 0.25) is 17.6 Å². The van der Waals surface area contributed by atoms with Crippen molar-refractivity contribution in [2.75, 3.05) is 45.6 Å². The van der Waals surface area contributed by atoms with Gasteiger partial charge in [-0.3, -0.25) is 23.4 Å². The minimum atomic E-state index is -0.118. The molecule has 0 atom stereocenters. The lowest BCUT2D eigenvalue weighted by Crippen LogP contribution is -2.50. The molecular weight excluding hydrogens is 432 g/mol. The summed E-state index contributed by atoms with van der Waals surface area (Å²) in [4.78, 5) is 40.8. The van der Waals surface area contributed by atoms with E-state index in [-0.39, 0.29) is 23.1 Å². The van der Waals surface area contributed by atoms with Crippen LogP contribution in [0.15, 0.2) is 34.2 Å². The third-order valence-corrected chi connectivity index (χ3v) is 6.52. The Morgan fingerprint density at radius 2 is 1.81 bits per heavy atom. The molecule has 170 valence electrons. The van der Waals surface area contributed by atoms with Gasteiger partial charge < -0.3 is 14.5 Å². The van der Waals surface area contributed by atoms with Crippen LogP contribution in [-0.4, -0.2) is 86.4 Å². The van der Waals surface area contributed by atoms with E-state index in [4.69, 9.17) is 4.74 Å². The molecular formula is C21H26N6O4S. The van der Waals surface area contributed by atoms with Gasteiger partial charge in [-0.15, -0.1) is 10.2 Å². The van der Waals surface area contributed by atoms with Crippen LogP contribution in [0.25, 0.3) is 16.7 Å². The van der Waals surface area contributed by atoms with E-state index >= 15 is 0 Å². The molecule has 0 aliphatic carbocycles. The lowest BCUT2D eigenvalue weighted by molar-refractivity contribution is -0.136. The number of carbonyl (C=O) groups excluding carboxylic acids is 2. The second-order valence-electron chi connectivity index (χ2n) is 7.61. The minimum absolute atomic E-state index is 0.00678. The molecule has 1 aromatic carbocycles. The summed E-state index contributed by atoms with van der Waals surface area (Å²) >= 11 is 1.30. The standard InChI is InChI=1S/C21H26N6O4S/c1-15(28)24-9-11-25(12-10-24)18(29)14-32-21-23-22-20-26(8-5-13-31-2)19(30)16-6-3-4-7-17(16)27(20)21/h3-4,6-7H,5,8-14H2,1-2H3. The minimum Gasteiger partial charge on any atom is -0.385 e. The highest BCUT2D eigenvalue weighted by molar-refractivity contribution is 7.99. The normalized spacial score (nSPS) is 14.4. The SMILES string of the molecule is COCCCn1c(=O)c2ccccc2n2c(SCC(=O)N3CCN(C(C)=O)CC3)nnc12. The second-order valence-corrected chi connectivity index (χ2v) is 8.56. The van der Waals surface area contributed by atoms with E-state index in [0.717, 1.165) is 0 Å². The van der Waals surface area contributed by atoms with Crippen LogP contribution in [-0.2, 0) is 20.9 Å². The van der Waals surface area contributed by atoms with Crippen LogP contribution >= 0.6 is 11.8 Å². The molecule has 11 heteroatoms. The highest BCUT2D eigenvalue weighted by atomic mass is 32.2. The Morgan fingerprint density at radius 1 is 1.09 bits per heavy atom. The highest BCUT2D eigenvalue weighted by Gasteiger charge is 2.23. The fourth-order valence-electron chi connectivity index (χ4n) is 3.88. The number of amides is 2. The van der Waals surface area contributed by atoms with Gasteiger partial charge in [0.25, 0.3) is 5.56 Å². The Labute approximate surface area is 189 Å². The van der Waals surface area contributed by atoms with E-state index in [9.17, 15) is 14.4 Å². The first-order valence-electron chi connectivity index (χ1n) is 10.5. The third-order valence-electron chi connectivity index (χ3n) is 5.61. The average molecular weight is 459 g/mol. The van der Waals surface area contributed by atoms with Gasteiger partial charge in [0.15, 0.2) is 5.16 Å². The highest BCUT2D eigenvalue weighted by Crippen LogP contribution is 2.22. The molecule has 1 saturated heterocycles. The number of piperazine rings is 1. The van der Waals surface area contributed by atoms with Gasteiger partial charge in [-0.05, 0) is 18.6 Å². The van der Waals surface area contributed by atoms with Crippen LogP contribution in [0.1, 0.15) is 13.3 Å². The number of nitrogens with zero attached hydrogens (tertiary/aromatic N) is 6. The molecule has 0 bridgehead atoms. The van der Waals surface area contributed by atoms with E-state index < -0.39 is 0 Å². The molecule has 10 nitrogen and oxygen atoms in total. The van der Waals surface area contributed by atoms with Crippen molar-refractivity contribution in [1.82, 2.24) is 29.0 Å². The number of para-hydroxylation sites is 1. The number of methoxy groups -OCH3 is 1. The van der Waals surface area contributed by atoms with Crippen molar-refractivity contribution in [3.8, 4) is 0 Å². The number of thioether (sulfide) groups is 1. The largest absolute Gasteiger partial charge is 0.385 e. The predicted molar refractivity (Wildman–Crippen MR) is 121 cm³/mol. The zero-order valence-electron chi connectivity index (χ0n) is 18.2. The summed E-state index contributed by atoms with van der Waals surface area (Å²) in [5.74, 6) is 0.685.